The second kappa shape index (κ2) is 14.6. The van der Waals surface area contributed by atoms with E-state index in [9.17, 15) is 32.7 Å². The summed E-state index contributed by atoms with van der Waals surface area (Å²) in [6.45, 7) is 10.9. The summed E-state index contributed by atoms with van der Waals surface area (Å²) in [7, 11) is 1.54. The van der Waals surface area contributed by atoms with Crippen LogP contribution in [0.15, 0.2) is 60.2 Å². The highest BCUT2D eigenvalue weighted by atomic mass is 19.4. The highest BCUT2D eigenvalue weighted by Crippen LogP contribution is 2.50. The quantitative estimate of drug-likeness (QED) is 0.197. The molecule has 316 valence electrons. The largest absolute Gasteiger partial charge is 0.408 e. The van der Waals surface area contributed by atoms with E-state index in [2.05, 4.69) is 50.5 Å². The van der Waals surface area contributed by atoms with Gasteiger partial charge in [-0.15, -0.1) is 0 Å². The van der Waals surface area contributed by atoms with E-state index in [-0.39, 0.29) is 53.2 Å². The third-order valence-corrected chi connectivity index (χ3v) is 12.9. The first-order chi connectivity index (χ1) is 28.6. The van der Waals surface area contributed by atoms with E-state index < -0.39 is 35.7 Å². The zero-order valence-corrected chi connectivity index (χ0v) is 33.8. The molecule has 3 saturated heterocycles. The number of carbonyl (C=O) groups excluding carboxylic acids is 2. The fourth-order valence-corrected chi connectivity index (χ4v) is 9.84. The summed E-state index contributed by atoms with van der Waals surface area (Å²) in [4.78, 5) is 54.5. The average Bonchev–Trinajstić information content (AvgIpc) is 3.67. The summed E-state index contributed by atoms with van der Waals surface area (Å²) < 4.78 is 53.2. The Balaban J connectivity index is 1.00. The van der Waals surface area contributed by atoms with Crippen LogP contribution in [-0.4, -0.2) is 98.6 Å². The van der Waals surface area contributed by atoms with Crippen LogP contribution in [0.3, 0.4) is 0 Å². The molecule has 60 heavy (non-hydrogen) atoms. The van der Waals surface area contributed by atoms with Crippen molar-refractivity contribution in [2.75, 3.05) is 59.8 Å². The molecule has 0 unspecified atom stereocenters. The van der Waals surface area contributed by atoms with Gasteiger partial charge in [-0.3, -0.25) is 24.2 Å². The molecule has 7 heterocycles. The van der Waals surface area contributed by atoms with Crippen molar-refractivity contribution in [1.82, 2.24) is 24.0 Å². The molecule has 3 N–H and O–H groups in total. The Kier molecular flexibility index (Phi) is 9.71. The molecule has 2 amide bonds. The van der Waals surface area contributed by atoms with Gasteiger partial charge in [-0.25, -0.2) is 9.97 Å². The minimum atomic E-state index is -4.54. The number of likely N-dealkylation sites (tertiary alicyclic amines) is 1. The second-order valence-corrected chi connectivity index (χ2v) is 17.7. The number of benzene rings is 1. The van der Waals surface area contributed by atoms with Crippen molar-refractivity contribution in [1.29, 1.82) is 0 Å². The number of nitrogens with zero attached hydrogens (tertiary/aromatic N) is 7. The number of aromatic nitrogens is 4. The van der Waals surface area contributed by atoms with Crippen LogP contribution in [0.4, 0.5) is 41.9 Å². The predicted octanol–water partition coefficient (Wildman–Crippen LogP) is 5.02. The van der Waals surface area contributed by atoms with Crippen LogP contribution < -0.4 is 26.0 Å². The van der Waals surface area contributed by atoms with Crippen molar-refractivity contribution in [3.8, 4) is 11.3 Å². The van der Waals surface area contributed by atoms with Gasteiger partial charge in [-0.2, -0.15) is 13.2 Å². The van der Waals surface area contributed by atoms with E-state index in [4.69, 9.17) is 4.74 Å². The molecule has 17 heteroatoms. The van der Waals surface area contributed by atoms with Crippen molar-refractivity contribution in [2.45, 2.75) is 70.9 Å². The number of pyridine rings is 1. The third-order valence-electron chi connectivity index (χ3n) is 12.9. The zero-order chi connectivity index (χ0) is 42.3. The number of rotatable bonds is 9. The third kappa shape index (κ3) is 6.95. The van der Waals surface area contributed by atoms with Gasteiger partial charge >= 0.3 is 6.18 Å². The zero-order valence-electron chi connectivity index (χ0n) is 33.8. The van der Waals surface area contributed by atoms with E-state index >= 15 is 0 Å². The maximum atomic E-state index is 14.8. The molecule has 1 spiro atoms. The summed E-state index contributed by atoms with van der Waals surface area (Å²) in [5, 5.41) is 16.5. The maximum Gasteiger partial charge on any atom is 0.408 e. The molecular formula is C43H48F3N9O5. The van der Waals surface area contributed by atoms with Gasteiger partial charge in [0.1, 0.15) is 17.6 Å². The van der Waals surface area contributed by atoms with Gasteiger partial charge in [0.2, 0.25) is 5.91 Å². The number of aryl methyl sites for hydroxylation is 1. The molecule has 9 rings (SSSR count). The minimum Gasteiger partial charge on any atom is -0.392 e. The molecule has 3 aromatic heterocycles. The lowest BCUT2D eigenvalue weighted by Gasteiger charge is -2.59. The van der Waals surface area contributed by atoms with Crippen molar-refractivity contribution in [3.63, 3.8) is 0 Å². The van der Waals surface area contributed by atoms with Crippen LogP contribution in [0.25, 0.3) is 11.3 Å². The number of piperidine rings is 1. The topological polar surface area (TPSA) is 150 Å². The fourth-order valence-electron chi connectivity index (χ4n) is 9.84. The molecule has 3 fully saturated rings. The second-order valence-electron chi connectivity index (χ2n) is 17.7. The number of amides is 2. The summed E-state index contributed by atoms with van der Waals surface area (Å²) in [5.74, 6) is -0.655. The Hall–Kier alpha value is -5.52. The number of anilines is 5. The van der Waals surface area contributed by atoms with Crippen LogP contribution in [0.2, 0.25) is 0 Å². The molecule has 0 radical (unpaired) electrons. The van der Waals surface area contributed by atoms with Gasteiger partial charge in [-0.05, 0) is 78.5 Å². The Bertz CT molecular complexity index is 2470. The van der Waals surface area contributed by atoms with Gasteiger partial charge in [0.25, 0.3) is 11.5 Å². The van der Waals surface area contributed by atoms with Gasteiger partial charge in [0.05, 0.1) is 42.9 Å². The number of alkyl halides is 3. The molecule has 4 aromatic rings. The van der Waals surface area contributed by atoms with Gasteiger partial charge in [0.15, 0.2) is 5.82 Å². The van der Waals surface area contributed by atoms with Crippen molar-refractivity contribution < 1.29 is 32.6 Å². The number of aliphatic hydroxyl groups excluding tert-OH is 1. The molecule has 0 bridgehead atoms. The van der Waals surface area contributed by atoms with Crippen LogP contribution in [0.5, 0.6) is 0 Å². The molecule has 1 aromatic carbocycles. The SMILES string of the molecule is C=CC(=O)Nc1cc(Nc2nc(-c3ccnc(N4CCn5c(cc6c5CC(C)(C)C6)C4=O)c3CO)cn(C)c2=O)ccc1N1CCC2(C[C@H]1C(F)(F)F)CN(C1COC1)C2. The van der Waals surface area contributed by atoms with Crippen molar-refractivity contribution in [3.05, 3.63) is 88.2 Å². The highest BCUT2D eigenvalue weighted by Gasteiger charge is 2.57. The minimum absolute atomic E-state index is 0.0749. The molecule has 1 aliphatic carbocycles. The van der Waals surface area contributed by atoms with E-state index in [0.717, 1.165) is 18.9 Å². The van der Waals surface area contributed by atoms with Gasteiger partial charge < -0.3 is 34.5 Å². The fraction of sp³-hybridized carbons (Fsp3) is 0.465. The van der Waals surface area contributed by atoms with Crippen molar-refractivity contribution in [2.24, 2.45) is 17.9 Å². The lowest BCUT2D eigenvalue weighted by Crippen LogP contribution is -2.69. The summed E-state index contributed by atoms with van der Waals surface area (Å²) in [5.41, 5.74) is 3.81. The standard InChI is InChI=1S/C43H48F3N9O5/c1-5-36(57)49-30-15-26(6-7-32(30)54-11-9-42(18-35(54)43(44,45)46)23-52(24-42)27-21-60-22-27)48-37-40(59)51(4)19-31(50-37)28-8-10-47-38(29(28)20-56)55-13-12-53-33(39(55)58)14-25-16-41(2,3)17-34(25)53/h5-8,10,14-15,19,27,35,56H,1,9,11-13,16-18,20-24H2,2-4H3,(H,48,50)(H,49,57)/t35-/m0/s1. The molecule has 4 aliphatic heterocycles. The van der Waals surface area contributed by atoms with Crippen LogP contribution in [-0.2, 0) is 42.6 Å². The molecular weight excluding hydrogens is 780 g/mol. The lowest BCUT2D eigenvalue weighted by molar-refractivity contribution is -0.184. The maximum absolute atomic E-state index is 14.8. The normalized spacial score (nSPS) is 21.0. The van der Waals surface area contributed by atoms with E-state index in [1.165, 1.54) is 45.3 Å². The highest BCUT2D eigenvalue weighted by molar-refractivity contribution is 6.06. The number of nitrogens with one attached hydrogen (secondary N) is 2. The Morgan fingerprint density at radius 1 is 1.10 bits per heavy atom. The summed E-state index contributed by atoms with van der Waals surface area (Å²) in [6, 6.07) is 6.63. The van der Waals surface area contributed by atoms with Crippen LogP contribution in [0.1, 0.15) is 54.0 Å². The monoisotopic (exact) mass is 827 g/mol. The van der Waals surface area contributed by atoms with E-state index in [1.54, 1.807) is 24.1 Å². The molecule has 0 saturated carbocycles. The Labute approximate surface area is 344 Å². The number of carbonyl (C=O) groups is 2. The molecule has 5 aliphatic rings. The van der Waals surface area contributed by atoms with Crippen LogP contribution in [0, 0.1) is 10.8 Å². The lowest BCUT2D eigenvalue weighted by atomic mass is 9.68. The first-order valence-corrected chi connectivity index (χ1v) is 20.3. The number of ether oxygens (including phenoxy) is 1. The number of hydrogen-bond acceptors (Lipinski definition) is 10. The Morgan fingerprint density at radius 2 is 1.88 bits per heavy atom. The number of fused-ring (bicyclic) bond motifs is 3. The van der Waals surface area contributed by atoms with E-state index in [1.807, 2.05) is 6.07 Å². The van der Waals surface area contributed by atoms with Crippen molar-refractivity contribution >= 4 is 40.5 Å². The predicted molar refractivity (Wildman–Crippen MR) is 220 cm³/mol. The summed E-state index contributed by atoms with van der Waals surface area (Å²) in [6.07, 6.45) is 1.81. The van der Waals surface area contributed by atoms with E-state index in [0.29, 0.717) is 74.1 Å². The number of halogens is 3. The van der Waals surface area contributed by atoms with Gasteiger partial charge in [-0.1, -0.05) is 20.4 Å². The molecule has 1 atom stereocenters. The Morgan fingerprint density at radius 3 is 2.58 bits per heavy atom. The average molecular weight is 828 g/mol. The molecule has 14 nitrogen and oxygen atoms in total. The number of hydrogen-bond donors (Lipinski definition) is 3. The summed E-state index contributed by atoms with van der Waals surface area (Å²) >= 11 is 0. The number of aliphatic hydroxyl groups is 1. The first kappa shape index (κ1) is 39.9. The smallest absolute Gasteiger partial charge is 0.392 e. The first-order valence-electron chi connectivity index (χ1n) is 20.3. The van der Waals surface area contributed by atoms with Crippen LogP contribution >= 0.6 is 0 Å². The van der Waals surface area contributed by atoms with Gasteiger partial charge in [0, 0.05) is 74.7 Å².